The summed E-state index contributed by atoms with van der Waals surface area (Å²) in [6.07, 6.45) is -2.20. The van der Waals surface area contributed by atoms with Gasteiger partial charge in [-0.2, -0.15) is 0 Å². The summed E-state index contributed by atoms with van der Waals surface area (Å²) in [5.74, 6) is 0. The maximum Gasteiger partial charge on any atom is 0.404 e. The molecular formula is C10H9Cl2NO3. The molecule has 1 aromatic carbocycles. The van der Waals surface area contributed by atoms with Crippen molar-refractivity contribution in [1.29, 1.82) is 0 Å². The number of ether oxygens (including phenoxy) is 1. The average Bonchev–Trinajstić information content (AvgIpc) is 2.41. The molecule has 0 spiro atoms. The van der Waals surface area contributed by atoms with Gasteiger partial charge in [-0.25, -0.2) is 4.79 Å². The highest BCUT2D eigenvalue weighted by Gasteiger charge is 2.35. The number of nitrogens with two attached hydrogens (primary N) is 1. The standard InChI is InChI=1S/C10H9Cl2NO3/c11-5-1-4-2-7(16-10(13)15)9(14)8(4)6(12)3-5/h1,3,7,9,14H,2H2,(H2,13,15)/t7-,9-/m1/s1. The van der Waals surface area contributed by atoms with Gasteiger partial charge in [0.15, 0.2) is 0 Å². The van der Waals surface area contributed by atoms with Gasteiger partial charge in [-0.3, -0.25) is 0 Å². The monoisotopic (exact) mass is 261 g/mol. The molecule has 2 rings (SSSR count). The van der Waals surface area contributed by atoms with Crippen LogP contribution in [0.5, 0.6) is 0 Å². The number of hydrogen-bond donors (Lipinski definition) is 2. The minimum atomic E-state index is -0.952. The van der Waals surface area contributed by atoms with Crippen molar-refractivity contribution in [1.82, 2.24) is 0 Å². The molecule has 16 heavy (non-hydrogen) atoms. The minimum absolute atomic E-state index is 0.361. The van der Waals surface area contributed by atoms with Gasteiger partial charge in [-0.15, -0.1) is 0 Å². The molecule has 3 N–H and O–H groups in total. The molecule has 1 aromatic rings. The normalized spacial score (nSPS) is 22.9. The first kappa shape index (κ1) is 11.5. The van der Waals surface area contributed by atoms with Crippen molar-refractivity contribution in [2.75, 3.05) is 0 Å². The van der Waals surface area contributed by atoms with Crippen molar-refractivity contribution >= 4 is 29.3 Å². The van der Waals surface area contributed by atoms with Crippen molar-refractivity contribution in [2.45, 2.75) is 18.6 Å². The number of fused-ring (bicyclic) bond motifs is 1. The van der Waals surface area contributed by atoms with Crippen LogP contribution in [0.2, 0.25) is 10.0 Å². The van der Waals surface area contributed by atoms with Crippen LogP contribution in [0.4, 0.5) is 4.79 Å². The zero-order valence-electron chi connectivity index (χ0n) is 8.11. The molecule has 0 saturated carbocycles. The highest BCUT2D eigenvalue weighted by Crippen LogP contribution is 2.39. The molecule has 4 nitrogen and oxygen atoms in total. The van der Waals surface area contributed by atoms with Gasteiger partial charge in [-0.05, 0) is 17.7 Å². The van der Waals surface area contributed by atoms with Crippen LogP contribution in [0.1, 0.15) is 17.2 Å². The SMILES string of the molecule is NC(=O)O[C@@H]1Cc2cc(Cl)cc(Cl)c2[C@@H]1O. The Morgan fingerprint density at radius 3 is 2.81 bits per heavy atom. The number of aliphatic hydroxyl groups is 1. The molecule has 1 amide bonds. The number of primary amides is 1. The van der Waals surface area contributed by atoms with Gasteiger partial charge in [0.2, 0.25) is 0 Å². The first-order chi connectivity index (χ1) is 7.49. The average molecular weight is 262 g/mol. The van der Waals surface area contributed by atoms with Crippen LogP contribution < -0.4 is 5.73 Å². The Balaban J connectivity index is 2.34. The summed E-state index contributed by atoms with van der Waals surface area (Å²) in [6.45, 7) is 0. The molecule has 0 unspecified atom stereocenters. The van der Waals surface area contributed by atoms with E-state index in [1.54, 1.807) is 6.07 Å². The Morgan fingerprint density at radius 2 is 2.19 bits per heavy atom. The van der Waals surface area contributed by atoms with Crippen LogP contribution in [0.15, 0.2) is 12.1 Å². The second-order valence-corrected chi connectivity index (χ2v) is 4.43. The molecule has 0 fully saturated rings. The van der Waals surface area contributed by atoms with Gasteiger partial charge in [-0.1, -0.05) is 23.2 Å². The third kappa shape index (κ3) is 1.96. The van der Waals surface area contributed by atoms with Gasteiger partial charge < -0.3 is 15.6 Å². The Labute approximate surface area is 102 Å². The fourth-order valence-electron chi connectivity index (χ4n) is 1.91. The molecule has 0 aliphatic heterocycles. The molecule has 0 saturated heterocycles. The van der Waals surface area contributed by atoms with E-state index in [1.807, 2.05) is 0 Å². The predicted molar refractivity (Wildman–Crippen MR) is 59.6 cm³/mol. The molecule has 0 heterocycles. The Kier molecular flexibility index (Phi) is 2.97. The molecule has 1 aliphatic carbocycles. The Bertz CT molecular complexity index is 450. The van der Waals surface area contributed by atoms with Crippen LogP contribution in [0.3, 0.4) is 0 Å². The van der Waals surface area contributed by atoms with Gasteiger partial charge in [0.1, 0.15) is 12.2 Å². The summed E-state index contributed by atoms with van der Waals surface area (Å²) >= 11 is 11.8. The van der Waals surface area contributed by atoms with Gasteiger partial charge in [0.25, 0.3) is 0 Å². The lowest BCUT2D eigenvalue weighted by atomic mass is 10.1. The predicted octanol–water partition coefficient (Wildman–Crippen LogP) is 2.05. The lowest BCUT2D eigenvalue weighted by molar-refractivity contribution is 0.0172. The number of rotatable bonds is 1. The van der Waals surface area contributed by atoms with Crippen molar-refractivity contribution in [3.05, 3.63) is 33.3 Å². The number of carbonyl (C=O) groups excluding carboxylic acids is 1. The number of aliphatic hydroxyl groups excluding tert-OH is 1. The first-order valence-electron chi connectivity index (χ1n) is 4.61. The van der Waals surface area contributed by atoms with Crippen molar-refractivity contribution < 1.29 is 14.6 Å². The molecule has 86 valence electrons. The van der Waals surface area contributed by atoms with E-state index < -0.39 is 18.3 Å². The topological polar surface area (TPSA) is 72.6 Å². The number of benzene rings is 1. The summed E-state index contributed by atoms with van der Waals surface area (Å²) in [7, 11) is 0. The van der Waals surface area contributed by atoms with Crippen LogP contribution >= 0.6 is 23.2 Å². The van der Waals surface area contributed by atoms with Gasteiger partial charge in [0.05, 0.1) is 0 Å². The van der Waals surface area contributed by atoms with E-state index in [-0.39, 0.29) is 0 Å². The van der Waals surface area contributed by atoms with Crippen molar-refractivity contribution in [2.24, 2.45) is 5.73 Å². The lowest BCUT2D eigenvalue weighted by Gasteiger charge is -2.14. The highest BCUT2D eigenvalue weighted by molar-refractivity contribution is 6.35. The summed E-state index contributed by atoms with van der Waals surface area (Å²) in [5.41, 5.74) is 6.23. The second kappa shape index (κ2) is 4.13. The van der Waals surface area contributed by atoms with Crippen LogP contribution in [0.25, 0.3) is 0 Å². The lowest BCUT2D eigenvalue weighted by Crippen LogP contribution is -2.26. The number of hydrogen-bond acceptors (Lipinski definition) is 3. The van der Waals surface area contributed by atoms with E-state index in [0.717, 1.165) is 5.56 Å². The number of halogens is 2. The molecule has 2 atom stereocenters. The zero-order chi connectivity index (χ0) is 11.9. The molecule has 1 aliphatic rings. The van der Waals surface area contributed by atoms with E-state index in [1.165, 1.54) is 6.07 Å². The minimum Gasteiger partial charge on any atom is -0.443 e. The molecule has 0 bridgehead atoms. The third-order valence-corrected chi connectivity index (χ3v) is 3.05. The summed E-state index contributed by atoms with van der Waals surface area (Å²) in [4.78, 5) is 10.6. The van der Waals surface area contributed by atoms with Gasteiger partial charge >= 0.3 is 6.09 Å². The largest absolute Gasteiger partial charge is 0.443 e. The fraction of sp³-hybridized carbons (Fsp3) is 0.300. The quantitative estimate of drug-likeness (QED) is 0.813. The summed E-state index contributed by atoms with van der Waals surface area (Å²) in [6, 6.07) is 3.23. The zero-order valence-corrected chi connectivity index (χ0v) is 9.63. The van der Waals surface area contributed by atoms with Crippen LogP contribution in [-0.4, -0.2) is 17.3 Å². The Hall–Kier alpha value is -0.970. The van der Waals surface area contributed by atoms with E-state index in [9.17, 15) is 9.90 Å². The molecular weight excluding hydrogens is 253 g/mol. The third-order valence-electron chi connectivity index (χ3n) is 2.52. The summed E-state index contributed by atoms with van der Waals surface area (Å²) in [5, 5.41) is 10.7. The maximum atomic E-state index is 10.6. The smallest absolute Gasteiger partial charge is 0.404 e. The van der Waals surface area contributed by atoms with Crippen LogP contribution in [-0.2, 0) is 11.2 Å². The van der Waals surface area contributed by atoms with E-state index >= 15 is 0 Å². The Morgan fingerprint density at radius 1 is 1.50 bits per heavy atom. The molecule has 6 heteroatoms. The summed E-state index contributed by atoms with van der Waals surface area (Å²) < 4.78 is 4.79. The number of amides is 1. The van der Waals surface area contributed by atoms with Crippen molar-refractivity contribution in [3.63, 3.8) is 0 Å². The van der Waals surface area contributed by atoms with Crippen molar-refractivity contribution in [3.8, 4) is 0 Å². The first-order valence-corrected chi connectivity index (χ1v) is 5.36. The van der Waals surface area contributed by atoms with E-state index in [0.29, 0.717) is 22.0 Å². The van der Waals surface area contributed by atoms with E-state index in [2.05, 4.69) is 0 Å². The second-order valence-electron chi connectivity index (χ2n) is 3.58. The highest BCUT2D eigenvalue weighted by atomic mass is 35.5. The molecule has 0 radical (unpaired) electrons. The molecule has 0 aromatic heterocycles. The van der Waals surface area contributed by atoms with E-state index in [4.69, 9.17) is 33.7 Å². The fourth-order valence-corrected chi connectivity index (χ4v) is 2.56. The maximum absolute atomic E-state index is 10.6. The van der Waals surface area contributed by atoms with Gasteiger partial charge in [0, 0.05) is 22.0 Å². The van der Waals surface area contributed by atoms with Crippen LogP contribution in [0, 0.1) is 0 Å². The number of carbonyl (C=O) groups is 1.